The van der Waals surface area contributed by atoms with Crippen molar-refractivity contribution in [1.29, 1.82) is 0 Å². The first-order valence-corrected chi connectivity index (χ1v) is 7.53. The van der Waals surface area contributed by atoms with E-state index in [1.807, 2.05) is 24.3 Å². The summed E-state index contributed by atoms with van der Waals surface area (Å²) in [5.41, 5.74) is 2.99. The van der Waals surface area contributed by atoms with Crippen molar-refractivity contribution in [3.63, 3.8) is 0 Å². The van der Waals surface area contributed by atoms with Crippen molar-refractivity contribution in [2.75, 3.05) is 0 Å². The van der Waals surface area contributed by atoms with E-state index < -0.39 is 7.12 Å². The molecule has 2 N–H and O–H groups in total. The van der Waals surface area contributed by atoms with Crippen molar-refractivity contribution >= 4 is 35.0 Å². The molecule has 2 aromatic rings. The number of fused-ring (bicyclic) bond motifs is 4. The molecule has 0 fully saturated rings. The third-order valence-electron chi connectivity index (χ3n) is 4.69. The first-order valence-electron chi connectivity index (χ1n) is 7.53. The molecule has 2 aliphatic carbocycles. The van der Waals surface area contributed by atoms with E-state index in [0.29, 0.717) is 5.46 Å². The van der Waals surface area contributed by atoms with Gasteiger partial charge in [-0.25, -0.2) is 0 Å². The Kier molecular flexibility index (Phi) is 2.74. The summed E-state index contributed by atoms with van der Waals surface area (Å²) in [6.45, 7) is 4.39. The second-order valence-electron chi connectivity index (χ2n) is 6.57. The average Bonchev–Trinajstić information content (AvgIpc) is 2.86. The fraction of sp³-hybridized carbons (Fsp3) is 0.158. The highest BCUT2D eigenvalue weighted by atomic mass is 16.4. The van der Waals surface area contributed by atoms with E-state index in [2.05, 4.69) is 44.2 Å². The minimum absolute atomic E-state index is 0.0635. The Hall–Kier alpha value is -2.10. The molecular weight excluding hydrogens is 271 g/mol. The maximum Gasteiger partial charge on any atom is 0.489 e. The van der Waals surface area contributed by atoms with Crippen molar-refractivity contribution in [3.05, 3.63) is 64.6 Å². The molecule has 0 aromatic heterocycles. The minimum Gasteiger partial charge on any atom is -0.423 e. The highest BCUT2D eigenvalue weighted by Gasteiger charge is 2.29. The molecule has 0 bridgehead atoms. The van der Waals surface area contributed by atoms with E-state index in [1.165, 1.54) is 16.4 Å². The zero-order chi connectivity index (χ0) is 15.5. The molecule has 0 aliphatic heterocycles. The third-order valence-corrected chi connectivity index (χ3v) is 4.69. The lowest BCUT2D eigenvalue weighted by atomic mass is 9.74. The number of benzene rings is 2. The van der Waals surface area contributed by atoms with Gasteiger partial charge in [0.25, 0.3) is 0 Å². The van der Waals surface area contributed by atoms with Crippen molar-refractivity contribution in [3.8, 4) is 0 Å². The maximum absolute atomic E-state index is 9.79. The molecule has 2 aliphatic rings. The van der Waals surface area contributed by atoms with Crippen molar-refractivity contribution in [2.24, 2.45) is 5.41 Å². The lowest BCUT2D eigenvalue weighted by Gasteiger charge is -2.26. The van der Waals surface area contributed by atoms with Crippen molar-refractivity contribution < 1.29 is 10.0 Å². The Bertz CT molecular complexity index is 978. The number of hydrogen-bond acceptors (Lipinski definition) is 2. The zero-order valence-corrected chi connectivity index (χ0v) is 12.7. The maximum atomic E-state index is 9.79. The molecule has 108 valence electrons. The van der Waals surface area contributed by atoms with Crippen LogP contribution in [0.5, 0.6) is 0 Å². The summed E-state index contributed by atoms with van der Waals surface area (Å²) in [6, 6.07) is 9.86. The van der Waals surface area contributed by atoms with Gasteiger partial charge in [0, 0.05) is 5.41 Å². The van der Waals surface area contributed by atoms with Gasteiger partial charge >= 0.3 is 7.12 Å². The van der Waals surface area contributed by atoms with Gasteiger partial charge in [-0.05, 0) is 43.9 Å². The van der Waals surface area contributed by atoms with Gasteiger partial charge in [0.05, 0.1) is 0 Å². The fourth-order valence-corrected chi connectivity index (χ4v) is 3.71. The van der Waals surface area contributed by atoms with Crippen molar-refractivity contribution in [2.45, 2.75) is 13.8 Å². The molecule has 0 heterocycles. The van der Waals surface area contributed by atoms with Gasteiger partial charge in [-0.2, -0.15) is 0 Å². The predicted molar refractivity (Wildman–Crippen MR) is 91.9 cm³/mol. The lowest BCUT2D eigenvalue weighted by Crippen LogP contribution is -2.39. The summed E-state index contributed by atoms with van der Waals surface area (Å²) in [6.07, 6.45) is 8.64. The van der Waals surface area contributed by atoms with Gasteiger partial charge in [-0.1, -0.05) is 62.4 Å². The van der Waals surface area contributed by atoms with Crippen LogP contribution in [-0.2, 0) is 0 Å². The molecule has 0 amide bonds. The number of rotatable bonds is 1. The Morgan fingerprint density at radius 2 is 1.77 bits per heavy atom. The summed E-state index contributed by atoms with van der Waals surface area (Å²) in [7, 11) is -1.47. The Morgan fingerprint density at radius 3 is 2.50 bits per heavy atom. The Labute approximate surface area is 129 Å². The summed E-state index contributed by atoms with van der Waals surface area (Å²) in [5, 5.41) is 23.8. The first kappa shape index (κ1) is 13.6. The summed E-state index contributed by atoms with van der Waals surface area (Å²) in [5.74, 6) is 0. The SMILES string of the molecule is CC1(C)C=CC=C2C=c3c(cc(B(O)O)c4ccccc34)=C21. The molecule has 0 saturated carbocycles. The zero-order valence-electron chi connectivity index (χ0n) is 12.7. The summed E-state index contributed by atoms with van der Waals surface area (Å²) in [4.78, 5) is 0. The van der Waals surface area contributed by atoms with Gasteiger partial charge in [0.2, 0.25) is 0 Å². The van der Waals surface area contributed by atoms with E-state index in [-0.39, 0.29) is 5.41 Å². The van der Waals surface area contributed by atoms with Crippen LogP contribution in [0.25, 0.3) is 22.4 Å². The van der Waals surface area contributed by atoms with Gasteiger partial charge in [0.1, 0.15) is 0 Å². The van der Waals surface area contributed by atoms with Crippen LogP contribution in [0.2, 0.25) is 0 Å². The first-order chi connectivity index (χ1) is 10.5. The molecule has 2 aromatic carbocycles. The van der Waals surface area contributed by atoms with Crippen LogP contribution in [0, 0.1) is 5.41 Å². The van der Waals surface area contributed by atoms with Crippen LogP contribution in [0.15, 0.2) is 54.1 Å². The van der Waals surface area contributed by atoms with E-state index in [4.69, 9.17) is 0 Å². The van der Waals surface area contributed by atoms with E-state index in [1.54, 1.807) is 0 Å². The topological polar surface area (TPSA) is 40.5 Å². The minimum atomic E-state index is -1.47. The highest BCUT2D eigenvalue weighted by molar-refractivity contribution is 6.62. The molecule has 0 radical (unpaired) electrons. The fourth-order valence-electron chi connectivity index (χ4n) is 3.71. The van der Waals surface area contributed by atoms with Crippen LogP contribution < -0.4 is 15.9 Å². The molecule has 0 spiro atoms. The van der Waals surface area contributed by atoms with Gasteiger partial charge in [0.15, 0.2) is 0 Å². The monoisotopic (exact) mass is 288 g/mol. The van der Waals surface area contributed by atoms with Crippen LogP contribution in [0.1, 0.15) is 13.8 Å². The van der Waals surface area contributed by atoms with Crippen molar-refractivity contribution in [1.82, 2.24) is 0 Å². The van der Waals surface area contributed by atoms with Crippen LogP contribution in [-0.4, -0.2) is 17.2 Å². The number of hydrogen-bond donors (Lipinski definition) is 2. The van der Waals surface area contributed by atoms with E-state index in [9.17, 15) is 10.0 Å². The predicted octanol–water partition coefficient (Wildman–Crippen LogP) is 0.987. The molecule has 2 nitrogen and oxygen atoms in total. The third kappa shape index (κ3) is 1.76. The summed E-state index contributed by atoms with van der Waals surface area (Å²) < 4.78 is 0. The smallest absolute Gasteiger partial charge is 0.423 e. The van der Waals surface area contributed by atoms with Gasteiger partial charge in [-0.3, -0.25) is 0 Å². The van der Waals surface area contributed by atoms with E-state index in [0.717, 1.165) is 16.0 Å². The molecule has 3 heteroatoms. The van der Waals surface area contributed by atoms with Gasteiger partial charge < -0.3 is 10.0 Å². The second-order valence-corrected chi connectivity index (χ2v) is 6.57. The molecule has 0 saturated heterocycles. The highest BCUT2D eigenvalue weighted by Crippen LogP contribution is 2.38. The standard InChI is InChI=1S/C19H17BO2/c1-19(2)9-5-6-12-10-15-13-7-3-4-8-14(13)17(20(21)22)11-16(15)18(12)19/h3-11,21-22H,1-2H3. The largest absolute Gasteiger partial charge is 0.489 e. The quantitative estimate of drug-likeness (QED) is 0.768. The average molecular weight is 288 g/mol. The molecule has 0 atom stereocenters. The summed E-state index contributed by atoms with van der Waals surface area (Å²) >= 11 is 0. The lowest BCUT2D eigenvalue weighted by molar-refractivity contribution is 0.426. The van der Waals surface area contributed by atoms with Crippen LogP contribution >= 0.6 is 0 Å². The van der Waals surface area contributed by atoms with Gasteiger partial charge in [-0.15, -0.1) is 0 Å². The molecule has 4 rings (SSSR count). The number of allylic oxidation sites excluding steroid dienone is 4. The normalized spacial score (nSPS) is 17.8. The van der Waals surface area contributed by atoms with E-state index >= 15 is 0 Å². The Balaban J connectivity index is 2.25. The second kappa shape index (κ2) is 4.45. The molecule has 22 heavy (non-hydrogen) atoms. The van der Waals surface area contributed by atoms with Crippen LogP contribution in [0.3, 0.4) is 0 Å². The van der Waals surface area contributed by atoms with Crippen LogP contribution in [0.4, 0.5) is 0 Å². The Morgan fingerprint density at radius 1 is 1.05 bits per heavy atom. The molecule has 0 unspecified atom stereocenters. The molecular formula is C19H17BO2.